The van der Waals surface area contributed by atoms with Crippen LogP contribution in [0.5, 0.6) is 0 Å². The molecule has 0 spiro atoms. The predicted octanol–water partition coefficient (Wildman–Crippen LogP) is 0.805. The summed E-state index contributed by atoms with van der Waals surface area (Å²) in [6, 6.07) is 8.00. The molecule has 2 aliphatic rings. The number of morpholine rings is 1. The van der Waals surface area contributed by atoms with Crippen LogP contribution in [0.2, 0.25) is 0 Å². The number of ether oxygens (including phenoxy) is 1. The lowest BCUT2D eigenvalue weighted by atomic mass is 9.89. The van der Waals surface area contributed by atoms with E-state index in [1.165, 1.54) is 0 Å². The molecule has 0 radical (unpaired) electrons. The number of nitrogens with one attached hydrogen (secondary N) is 1. The second-order valence-electron chi connectivity index (χ2n) is 5.31. The Labute approximate surface area is 118 Å². The van der Waals surface area contributed by atoms with E-state index in [1.54, 1.807) is 0 Å². The lowest BCUT2D eigenvalue weighted by molar-refractivity contribution is -0.142. The molecule has 0 saturated carbocycles. The van der Waals surface area contributed by atoms with Gasteiger partial charge in [-0.1, -0.05) is 18.2 Å². The number of hydrogen-bond donors (Lipinski definition) is 2. The highest BCUT2D eigenvalue weighted by atomic mass is 16.5. The molecule has 1 fully saturated rings. The Balaban J connectivity index is 1.78. The van der Waals surface area contributed by atoms with E-state index in [9.17, 15) is 9.90 Å². The number of fused-ring (bicyclic) bond motifs is 1. The van der Waals surface area contributed by atoms with Crippen molar-refractivity contribution in [1.82, 2.24) is 4.90 Å². The smallest absolute Gasteiger partial charge is 0.230 e. The molecule has 1 saturated heterocycles. The van der Waals surface area contributed by atoms with Crippen LogP contribution in [0.3, 0.4) is 0 Å². The van der Waals surface area contributed by atoms with Gasteiger partial charge in [0.15, 0.2) is 0 Å². The summed E-state index contributed by atoms with van der Waals surface area (Å²) in [6.45, 7) is 2.39. The minimum atomic E-state index is -0.246. The summed E-state index contributed by atoms with van der Waals surface area (Å²) in [6.07, 6.45) is 0.571. The molecule has 2 N–H and O–H groups in total. The van der Waals surface area contributed by atoms with Crippen molar-refractivity contribution in [3.8, 4) is 0 Å². The van der Waals surface area contributed by atoms with E-state index in [4.69, 9.17) is 4.74 Å². The lowest BCUT2D eigenvalue weighted by Gasteiger charge is -2.36. The first-order chi connectivity index (χ1) is 9.79. The summed E-state index contributed by atoms with van der Waals surface area (Å²) in [5.74, 6) is 0.0746. The van der Waals surface area contributed by atoms with E-state index in [-0.39, 0.29) is 24.5 Å². The van der Waals surface area contributed by atoms with Crippen molar-refractivity contribution in [2.75, 3.05) is 38.2 Å². The minimum Gasteiger partial charge on any atom is -0.394 e. The van der Waals surface area contributed by atoms with Crippen LogP contribution in [-0.4, -0.2) is 54.9 Å². The number of nitrogens with zero attached hydrogens (tertiary/aromatic N) is 1. The molecule has 2 atom stereocenters. The van der Waals surface area contributed by atoms with Gasteiger partial charge < -0.3 is 20.1 Å². The van der Waals surface area contributed by atoms with Gasteiger partial charge >= 0.3 is 0 Å². The highest BCUT2D eigenvalue weighted by Crippen LogP contribution is 2.33. The molecule has 0 bridgehead atoms. The fraction of sp³-hybridized carbons (Fsp3) is 0.533. The van der Waals surface area contributed by atoms with E-state index >= 15 is 0 Å². The van der Waals surface area contributed by atoms with Crippen LogP contribution in [-0.2, 0) is 9.53 Å². The van der Waals surface area contributed by atoms with Crippen LogP contribution in [0, 0.1) is 0 Å². The first-order valence-electron chi connectivity index (χ1n) is 7.13. The van der Waals surface area contributed by atoms with E-state index < -0.39 is 0 Å². The fourth-order valence-electron chi connectivity index (χ4n) is 2.98. The number of rotatable bonds is 2. The van der Waals surface area contributed by atoms with Gasteiger partial charge in [-0.2, -0.15) is 0 Å². The number of amides is 1. The maximum Gasteiger partial charge on any atom is 0.230 e. The second kappa shape index (κ2) is 5.81. The Morgan fingerprint density at radius 3 is 3.15 bits per heavy atom. The van der Waals surface area contributed by atoms with Gasteiger partial charge in [-0.25, -0.2) is 0 Å². The van der Waals surface area contributed by atoms with Crippen molar-refractivity contribution < 1.29 is 14.6 Å². The summed E-state index contributed by atoms with van der Waals surface area (Å²) in [5, 5.41) is 12.5. The molecule has 1 aromatic carbocycles. The zero-order chi connectivity index (χ0) is 13.9. The van der Waals surface area contributed by atoms with E-state index in [0.29, 0.717) is 19.7 Å². The van der Waals surface area contributed by atoms with E-state index in [2.05, 4.69) is 5.32 Å². The molecule has 0 aromatic heterocycles. The van der Waals surface area contributed by atoms with Crippen LogP contribution >= 0.6 is 0 Å². The second-order valence-corrected chi connectivity index (χ2v) is 5.31. The van der Waals surface area contributed by atoms with Gasteiger partial charge in [0, 0.05) is 25.3 Å². The van der Waals surface area contributed by atoms with Gasteiger partial charge in [0.05, 0.1) is 25.2 Å². The molecular weight excluding hydrogens is 256 g/mol. The van der Waals surface area contributed by atoms with Gasteiger partial charge in [0.1, 0.15) is 0 Å². The molecule has 1 aromatic rings. The molecule has 2 heterocycles. The van der Waals surface area contributed by atoms with Crippen molar-refractivity contribution in [2.45, 2.75) is 18.4 Å². The minimum absolute atomic E-state index is 0.0351. The van der Waals surface area contributed by atoms with Gasteiger partial charge in [0.25, 0.3) is 0 Å². The highest BCUT2D eigenvalue weighted by molar-refractivity contribution is 5.86. The van der Waals surface area contributed by atoms with Crippen LogP contribution < -0.4 is 5.32 Å². The Kier molecular flexibility index (Phi) is 3.89. The standard InChI is InChI=1S/C15H20N2O3/c18-10-11-9-17(7-8-20-11)15(19)13-5-6-16-14-4-2-1-3-12(13)14/h1-4,11,13,16,18H,5-10H2. The molecule has 5 heteroatoms. The largest absolute Gasteiger partial charge is 0.394 e. The normalized spacial score (nSPS) is 25.8. The molecule has 3 rings (SSSR count). The maximum atomic E-state index is 12.7. The van der Waals surface area contributed by atoms with Crippen molar-refractivity contribution in [3.05, 3.63) is 29.8 Å². The van der Waals surface area contributed by atoms with Crippen LogP contribution in [0.15, 0.2) is 24.3 Å². The maximum absolute atomic E-state index is 12.7. The lowest BCUT2D eigenvalue weighted by Crippen LogP contribution is -2.49. The van der Waals surface area contributed by atoms with Gasteiger partial charge in [-0.15, -0.1) is 0 Å². The monoisotopic (exact) mass is 276 g/mol. The highest BCUT2D eigenvalue weighted by Gasteiger charge is 2.32. The molecular formula is C15H20N2O3. The van der Waals surface area contributed by atoms with Gasteiger partial charge in [-0.05, 0) is 18.1 Å². The molecule has 108 valence electrons. The third-order valence-electron chi connectivity index (χ3n) is 4.04. The summed E-state index contributed by atoms with van der Waals surface area (Å²) >= 11 is 0. The van der Waals surface area contributed by atoms with Crippen molar-refractivity contribution in [3.63, 3.8) is 0 Å². The number of hydrogen-bond acceptors (Lipinski definition) is 4. The number of carbonyl (C=O) groups is 1. The van der Waals surface area contributed by atoms with Crippen molar-refractivity contribution in [2.24, 2.45) is 0 Å². The first kappa shape index (κ1) is 13.4. The summed E-state index contributed by atoms with van der Waals surface area (Å²) in [5.41, 5.74) is 2.14. The number of anilines is 1. The third kappa shape index (κ3) is 2.51. The van der Waals surface area contributed by atoms with Crippen molar-refractivity contribution in [1.29, 1.82) is 0 Å². The molecule has 5 nitrogen and oxygen atoms in total. The average Bonchev–Trinajstić information content (AvgIpc) is 2.53. The number of benzene rings is 1. The van der Waals surface area contributed by atoms with E-state index in [0.717, 1.165) is 24.2 Å². The number of aliphatic hydroxyl groups excluding tert-OH is 1. The predicted molar refractivity (Wildman–Crippen MR) is 75.7 cm³/mol. The first-order valence-corrected chi connectivity index (χ1v) is 7.13. The number of aliphatic hydroxyl groups is 1. The van der Waals surface area contributed by atoms with Crippen LogP contribution in [0.4, 0.5) is 5.69 Å². The third-order valence-corrected chi connectivity index (χ3v) is 4.04. The Hall–Kier alpha value is -1.59. The molecule has 0 aliphatic carbocycles. The quantitative estimate of drug-likeness (QED) is 0.839. The molecule has 20 heavy (non-hydrogen) atoms. The number of para-hydroxylation sites is 1. The van der Waals surface area contributed by atoms with Gasteiger partial charge in [-0.3, -0.25) is 4.79 Å². The summed E-state index contributed by atoms with van der Waals surface area (Å²) < 4.78 is 5.41. The Morgan fingerprint density at radius 1 is 1.45 bits per heavy atom. The fourth-order valence-corrected chi connectivity index (χ4v) is 2.98. The zero-order valence-corrected chi connectivity index (χ0v) is 11.4. The Bertz CT molecular complexity index is 492. The molecule has 1 amide bonds. The summed E-state index contributed by atoms with van der Waals surface area (Å²) in [4.78, 5) is 14.6. The number of carbonyl (C=O) groups excluding carboxylic acids is 1. The molecule has 2 unspecified atom stereocenters. The Morgan fingerprint density at radius 2 is 2.30 bits per heavy atom. The van der Waals surface area contributed by atoms with Gasteiger partial charge in [0.2, 0.25) is 5.91 Å². The van der Waals surface area contributed by atoms with E-state index in [1.807, 2.05) is 29.2 Å². The summed E-state index contributed by atoms with van der Waals surface area (Å²) in [7, 11) is 0. The van der Waals surface area contributed by atoms with Crippen LogP contribution in [0.25, 0.3) is 0 Å². The molecule has 2 aliphatic heterocycles. The SMILES string of the molecule is O=C(C1CCNc2ccccc21)N1CCOC(CO)C1. The topological polar surface area (TPSA) is 61.8 Å². The van der Waals surface area contributed by atoms with Crippen molar-refractivity contribution >= 4 is 11.6 Å². The van der Waals surface area contributed by atoms with Crippen LogP contribution in [0.1, 0.15) is 17.9 Å². The zero-order valence-electron chi connectivity index (χ0n) is 11.4. The average molecular weight is 276 g/mol.